The molecule has 2 amide bonds. The molecule has 3 aromatic carbocycles. The molecule has 0 saturated heterocycles. The zero-order valence-electron chi connectivity index (χ0n) is 17.0. The van der Waals surface area contributed by atoms with Crippen LogP contribution >= 0.6 is 23.2 Å². The van der Waals surface area contributed by atoms with Crippen LogP contribution in [0.25, 0.3) is 0 Å². The SMILES string of the molecule is Cc1cccc(NC(=O)N(CCNS(=O)(=O)c2cc(Cl)ccc2Cl)c2ccc(F)cc2)c1. The van der Waals surface area contributed by atoms with E-state index in [4.69, 9.17) is 23.2 Å². The Morgan fingerprint density at radius 2 is 1.75 bits per heavy atom. The molecule has 0 atom stereocenters. The van der Waals surface area contributed by atoms with Crippen LogP contribution < -0.4 is 14.9 Å². The highest BCUT2D eigenvalue weighted by Crippen LogP contribution is 2.25. The molecule has 0 aliphatic carbocycles. The Labute approximate surface area is 196 Å². The van der Waals surface area contributed by atoms with Gasteiger partial charge in [0.1, 0.15) is 10.7 Å². The summed E-state index contributed by atoms with van der Waals surface area (Å²) in [5, 5.41) is 3.01. The number of aryl methyl sites for hydroxylation is 1. The molecule has 0 bridgehead atoms. The van der Waals surface area contributed by atoms with Crippen LogP contribution in [0.5, 0.6) is 0 Å². The molecule has 3 aromatic rings. The molecule has 0 saturated carbocycles. The first kappa shape index (κ1) is 24.0. The Bertz CT molecular complexity index is 1220. The van der Waals surface area contributed by atoms with E-state index in [1.165, 1.54) is 47.4 Å². The summed E-state index contributed by atoms with van der Waals surface area (Å²) in [4.78, 5) is 14.1. The molecule has 3 rings (SSSR count). The number of carbonyl (C=O) groups is 1. The Hall–Kier alpha value is -2.65. The third-order valence-corrected chi connectivity index (χ3v) is 6.64. The molecular weight excluding hydrogens is 476 g/mol. The molecule has 2 N–H and O–H groups in total. The molecule has 6 nitrogen and oxygen atoms in total. The summed E-state index contributed by atoms with van der Waals surface area (Å²) >= 11 is 11.9. The Balaban J connectivity index is 1.77. The van der Waals surface area contributed by atoms with Crippen molar-refractivity contribution in [3.05, 3.63) is 88.2 Å². The van der Waals surface area contributed by atoms with Crippen molar-refractivity contribution in [1.82, 2.24) is 4.72 Å². The topological polar surface area (TPSA) is 78.5 Å². The lowest BCUT2D eigenvalue weighted by molar-refractivity contribution is 0.257. The van der Waals surface area contributed by atoms with Crippen molar-refractivity contribution < 1.29 is 17.6 Å². The maximum Gasteiger partial charge on any atom is 0.326 e. The number of sulfonamides is 1. The smallest absolute Gasteiger partial charge is 0.308 e. The molecule has 168 valence electrons. The fraction of sp³-hybridized carbons (Fsp3) is 0.136. The van der Waals surface area contributed by atoms with E-state index in [9.17, 15) is 17.6 Å². The van der Waals surface area contributed by atoms with Gasteiger partial charge in [0, 0.05) is 29.5 Å². The van der Waals surface area contributed by atoms with E-state index in [1.807, 2.05) is 13.0 Å². The molecule has 10 heteroatoms. The summed E-state index contributed by atoms with van der Waals surface area (Å²) in [5.74, 6) is -0.455. The van der Waals surface area contributed by atoms with E-state index in [2.05, 4.69) is 10.0 Å². The highest BCUT2D eigenvalue weighted by molar-refractivity contribution is 7.89. The second-order valence-corrected chi connectivity index (χ2v) is 9.48. The number of urea groups is 1. The lowest BCUT2D eigenvalue weighted by Gasteiger charge is -2.23. The summed E-state index contributed by atoms with van der Waals surface area (Å²) in [5.41, 5.74) is 1.94. The molecule has 0 aromatic heterocycles. The first-order valence-corrected chi connectivity index (χ1v) is 11.7. The van der Waals surface area contributed by atoms with Crippen LogP contribution in [-0.2, 0) is 10.0 Å². The lowest BCUT2D eigenvalue weighted by Crippen LogP contribution is -2.41. The molecule has 0 aliphatic heterocycles. The van der Waals surface area contributed by atoms with E-state index in [-0.39, 0.29) is 28.0 Å². The monoisotopic (exact) mass is 495 g/mol. The van der Waals surface area contributed by atoms with Gasteiger partial charge in [-0.05, 0) is 67.1 Å². The second-order valence-electron chi connectivity index (χ2n) is 6.90. The number of rotatable bonds is 7. The van der Waals surface area contributed by atoms with Gasteiger partial charge in [-0.1, -0.05) is 35.3 Å². The first-order valence-electron chi connectivity index (χ1n) is 9.51. The Morgan fingerprint density at radius 3 is 2.44 bits per heavy atom. The van der Waals surface area contributed by atoms with E-state index in [1.54, 1.807) is 18.2 Å². The molecule has 0 unspecified atom stereocenters. The van der Waals surface area contributed by atoms with Gasteiger partial charge < -0.3 is 5.32 Å². The predicted octanol–water partition coefficient (Wildman–Crippen LogP) is 5.46. The minimum Gasteiger partial charge on any atom is -0.308 e. The third kappa shape index (κ3) is 6.20. The van der Waals surface area contributed by atoms with Gasteiger partial charge in [-0.25, -0.2) is 22.3 Å². The molecule has 0 spiro atoms. The summed E-state index contributed by atoms with van der Waals surface area (Å²) < 4.78 is 41.1. The lowest BCUT2D eigenvalue weighted by atomic mass is 10.2. The summed E-state index contributed by atoms with van der Waals surface area (Å²) in [6.07, 6.45) is 0. The van der Waals surface area contributed by atoms with Gasteiger partial charge in [-0.15, -0.1) is 0 Å². The number of carbonyl (C=O) groups excluding carboxylic acids is 1. The Morgan fingerprint density at radius 1 is 1.03 bits per heavy atom. The van der Waals surface area contributed by atoms with Crippen LogP contribution in [0, 0.1) is 12.7 Å². The summed E-state index contributed by atoms with van der Waals surface area (Å²) in [7, 11) is -3.97. The van der Waals surface area contributed by atoms with Crippen molar-refractivity contribution in [3.8, 4) is 0 Å². The van der Waals surface area contributed by atoms with Crippen molar-refractivity contribution in [2.45, 2.75) is 11.8 Å². The van der Waals surface area contributed by atoms with E-state index < -0.39 is 21.9 Å². The first-order chi connectivity index (χ1) is 15.2. The van der Waals surface area contributed by atoms with E-state index in [0.717, 1.165) is 5.56 Å². The van der Waals surface area contributed by atoms with Crippen molar-refractivity contribution in [2.75, 3.05) is 23.3 Å². The van der Waals surface area contributed by atoms with Gasteiger partial charge in [-0.2, -0.15) is 0 Å². The summed E-state index contributed by atoms with van der Waals surface area (Å²) in [6.45, 7) is 1.74. The summed E-state index contributed by atoms with van der Waals surface area (Å²) in [6, 6.07) is 16.2. The predicted molar refractivity (Wildman–Crippen MR) is 126 cm³/mol. The van der Waals surface area contributed by atoms with Gasteiger partial charge in [0.25, 0.3) is 0 Å². The minimum absolute atomic E-state index is 0.0227. The average molecular weight is 496 g/mol. The van der Waals surface area contributed by atoms with E-state index in [0.29, 0.717) is 11.4 Å². The minimum atomic E-state index is -3.97. The quantitative estimate of drug-likeness (QED) is 0.456. The van der Waals surface area contributed by atoms with Gasteiger partial charge in [-0.3, -0.25) is 4.90 Å². The van der Waals surface area contributed by atoms with Gasteiger partial charge in [0.2, 0.25) is 10.0 Å². The average Bonchev–Trinajstić information content (AvgIpc) is 2.73. The van der Waals surface area contributed by atoms with Crippen LogP contribution in [0.1, 0.15) is 5.56 Å². The van der Waals surface area contributed by atoms with Crippen molar-refractivity contribution in [1.29, 1.82) is 0 Å². The van der Waals surface area contributed by atoms with E-state index >= 15 is 0 Å². The standard InChI is InChI=1S/C22H20Cl2FN3O3S/c1-15-3-2-4-18(13-15)27-22(29)28(19-8-6-17(25)7-9-19)12-11-26-32(30,31)21-14-16(23)5-10-20(21)24/h2-10,13-14,26H,11-12H2,1H3,(H,27,29). The normalized spacial score (nSPS) is 11.2. The second kappa shape index (κ2) is 10.3. The van der Waals surface area contributed by atoms with Crippen LogP contribution in [0.3, 0.4) is 0 Å². The van der Waals surface area contributed by atoms with Gasteiger partial charge >= 0.3 is 6.03 Å². The fourth-order valence-corrected chi connectivity index (χ4v) is 4.72. The number of benzene rings is 3. The fourth-order valence-electron chi connectivity index (χ4n) is 2.94. The number of anilines is 2. The van der Waals surface area contributed by atoms with Gasteiger partial charge in [0.05, 0.1) is 5.02 Å². The van der Waals surface area contributed by atoms with Crippen LogP contribution in [-0.4, -0.2) is 27.5 Å². The van der Waals surface area contributed by atoms with Crippen molar-refractivity contribution >= 4 is 50.6 Å². The molecule has 32 heavy (non-hydrogen) atoms. The number of hydrogen-bond acceptors (Lipinski definition) is 3. The maximum absolute atomic E-state index is 13.4. The number of amides is 2. The molecule has 0 heterocycles. The zero-order valence-corrected chi connectivity index (χ0v) is 19.3. The molecular formula is C22H20Cl2FN3O3S. The van der Waals surface area contributed by atoms with Crippen LogP contribution in [0.2, 0.25) is 10.0 Å². The maximum atomic E-state index is 13.4. The van der Waals surface area contributed by atoms with Crippen LogP contribution in [0.4, 0.5) is 20.6 Å². The number of nitrogens with zero attached hydrogens (tertiary/aromatic N) is 1. The molecule has 0 aliphatic rings. The van der Waals surface area contributed by atoms with Crippen molar-refractivity contribution in [3.63, 3.8) is 0 Å². The molecule has 0 radical (unpaired) electrons. The largest absolute Gasteiger partial charge is 0.326 e. The highest BCUT2D eigenvalue weighted by atomic mass is 35.5. The number of nitrogens with one attached hydrogen (secondary N) is 2. The number of hydrogen-bond donors (Lipinski definition) is 2. The Kier molecular flexibility index (Phi) is 7.73. The third-order valence-electron chi connectivity index (χ3n) is 4.46. The number of halogens is 3. The van der Waals surface area contributed by atoms with Crippen molar-refractivity contribution in [2.24, 2.45) is 0 Å². The van der Waals surface area contributed by atoms with Crippen LogP contribution in [0.15, 0.2) is 71.6 Å². The zero-order chi connectivity index (χ0) is 23.3. The highest BCUT2D eigenvalue weighted by Gasteiger charge is 2.21. The van der Waals surface area contributed by atoms with Gasteiger partial charge in [0.15, 0.2) is 0 Å². The molecule has 0 fully saturated rings.